The maximum Gasteiger partial charge on any atom is 0.250 e. The van der Waals surface area contributed by atoms with Crippen LogP contribution in [-0.2, 0) is 14.8 Å². The molecule has 2 aliphatic heterocycles. The first-order valence-corrected chi connectivity index (χ1v) is 10.9. The number of pyridine rings is 1. The molecule has 6 nitrogen and oxygen atoms in total. The molecule has 1 atom stereocenters. The molecule has 1 aromatic rings. The summed E-state index contributed by atoms with van der Waals surface area (Å²) in [5, 5.41) is -0.154. The van der Waals surface area contributed by atoms with Crippen LogP contribution >= 0.6 is 0 Å². The summed E-state index contributed by atoms with van der Waals surface area (Å²) in [6.07, 6.45) is 6.24. The Morgan fingerprint density at radius 3 is 2.77 bits per heavy atom. The highest BCUT2D eigenvalue weighted by molar-refractivity contribution is 7.90. The fourth-order valence-corrected chi connectivity index (χ4v) is 6.06. The first kappa shape index (κ1) is 18.1. The van der Waals surface area contributed by atoms with Crippen molar-refractivity contribution in [3.63, 3.8) is 0 Å². The second kappa shape index (κ2) is 7.05. The lowest BCUT2D eigenvalue weighted by Gasteiger charge is -2.41. The van der Waals surface area contributed by atoms with E-state index in [0.717, 1.165) is 38.5 Å². The molecule has 0 aromatic carbocycles. The van der Waals surface area contributed by atoms with Crippen LogP contribution in [0.4, 0.5) is 4.39 Å². The second-order valence-electron chi connectivity index (χ2n) is 7.47. The normalized spacial score (nSPS) is 26.3. The lowest BCUT2D eigenvalue weighted by molar-refractivity contribution is -0.0590. The quantitative estimate of drug-likeness (QED) is 0.753. The molecule has 3 fully saturated rings. The Balaban J connectivity index is 1.33. The number of hydrogen-bond acceptors (Lipinski definition) is 5. The summed E-state index contributed by atoms with van der Waals surface area (Å²) in [6.45, 7) is 2.14. The summed E-state index contributed by atoms with van der Waals surface area (Å²) in [5.74, 6) is -0.116. The number of rotatable bonds is 6. The van der Waals surface area contributed by atoms with Gasteiger partial charge in [-0.25, -0.2) is 22.1 Å². The molecular weight excluding hydrogens is 359 g/mol. The highest BCUT2D eigenvalue weighted by Gasteiger charge is 2.49. The fourth-order valence-electron chi connectivity index (χ4n) is 4.22. The van der Waals surface area contributed by atoms with E-state index in [9.17, 15) is 12.8 Å². The van der Waals surface area contributed by atoms with Crippen molar-refractivity contribution in [2.45, 2.75) is 49.4 Å². The summed E-state index contributed by atoms with van der Waals surface area (Å²) in [6, 6.07) is 2.87. The third-order valence-corrected chi connectivity index (χ3v) is 8.30. The number of ether oxygens (including phenoxy) is 2. The summed E-state index contributed by atoms with van der Waals surface area (Å²) in [7, 11) is -3.11. The van der Waals surface area contributed by atoms with Gasteiger partial charge in [0.05, 0.1) is 17.5 Å². The maximum absolute atomic E-state index is 13.6. The number of piperidine rings is 1. The van der Waals surface area contributed by atoms with Crippen LogP contribution in [0.5, 0.6) is 5.88 Å². The minimum atomic E-state index is -3.11. The van der Waals surface area contributed by atoms with Gasteiger partial charge in [-0.15, -0.1) is 0 Å². The van der Waals surface area contributed by atoms with E-state index in [2.05, 4.69) is 4.98 Å². The fraction of sp³-hybridized carbons (Fsp3) is 0.722. The topological polar surface area (TPSA) is 68.7 Å². The molecule has 3 heterocycles. The average Bonchev–Trinajstić information content (AvgIpc) is 3.43. The summed E-state index contributed by atoms with van der Waals surface area (Å²) in [5.41, 5.74) is -0.262. The van der Waals surface area contributed by atoms with Gasteiger partial charge in [0, 0.05) is 25.9 Å². The predicted octanol–water partition coefficient (Wildman–Crippen LogP) is 2.35. The van der Waals surface area contributed by atoms with Gasteiger partial charge in [-0.2, -0.15) is 0 Å². The Morgan fingerprint density at radius 1 is 1.31 bits per heavy atom. The van der Waals surface area contributed by atoms with Gasteiger partial charge in [0.1, 0.15) is 0 Å². The predicted molar refractivity (Wildman–Crippen MR) is 93.8 cm³/mol. The van der Waals surface area contributed by atoms with Crippen molar-refractivity contribution >= 4 is 10.0 Å². The highest BCUT2D eigenvalue weighted by Crippen LogP contribution is 2.44. The first-order chi connectivity index (χ1) is 12.5. The average molecular weight is 384 g/mol. The van der Waals surface area contributed by atoms with Crippen LogP contribution in [0.3, 0.4) is 0 Å². The van der Waals surface area contributed by atoms with Gasteiger partial charge in [0.25, 0.3) is 0 Å². The van der Waals surface area contributed by atoms with Crippen LogP contribution in [0.25, 0.3) is 0 Å². The van der Waals surface area contributed by atoms with Crippen LogP contribution in [0.15, 0.2) is 18.3 Å². The molecule has 26 heavy (non-hydrogen) atoms. The van der Waals surface area contributed by atoms with Crippen LogP contribution in [0.2, 0.25) is 0 Å². The van der Waals surface area contributed by atoms with Crippen molar-refractivity contribution in [1.82, 2.24) is 9.29 Å². The Bertz CT molecular complexity index is 745. The van der Waals surface area contributed by atoms with E-state index in [-0.39, 0.29) is 16.7 Å². The minimum absolute atomic E-state index is 0.0332. The molecule has 0 radical (unpaired) electrons. The first-order valence-electron chi connectivity index (χ1n) is 9.37. The van der Waals surface area contributed by atoms with Crippen molar-refractivity contribution < 1.29 is 22.3 Å². The molecule has 1 spiro atoms. The number of sulfonamides is 1. The van der Waals surface area contributed by atoms with E-state index in [4.69, 9.17) is 9.47 Å². The molecule has 4 rings (SSSR count). The number of aromatic nitrogens is 1. The molecule has 0 bridgehead atoms. The van der Waals surface area contributed by atoms with Gasteiger partial charge in [0.2, 0.25) is 15.9 Å². The molecule has 144 valence electrons. The Kier molecular flexibility index (Phi) is 4.92. The zero-order valence-corrected chi connectivity index (χ0v) is 15.6. The molecule has 1 aliphatic carbocycles. The zero-order chi connectivity index (χ0) is 18.2. The standard InChI is InChI=1S/C18H25FN2O4S/c19-16-2-1-9-20-17(16)24-12-5-14-6-13-25-18(14)7-10-21(11-8-18)26(22,23)15-3-4-15/h1-2,9,14-15H,3-8,10-13H2. The van der Waals surface area contributed by atoms with E-state index < -0.39 is 15.8 Å². The van der Waals surface area contributed by atoms with E-state index >= 15 is 0 Å². The largest absolute Gasteiger partial charge is 0.476 e. The second-order valence-corrected chi connectivity index (χ2v) is 9.68. The van der Waals surface area contributed by atoms with Gasteiger partial charge in [-0.3, -0.25) is 0 Å². The third kappa shape index (κ3) is 3.46. The van der Waals surface area contributed by atoms with Crippen molar-refractivity contribution in [3.8, 4) is 5.88 Å². The lowest BCUT2D eigenvalue weighted by Crippen LogP contribution is -2.50. The molecule has 1 saturated carbocycles. The van der Waals surface area contributed by atoms with Gasteiger partial charge >= 0.3 is 0 Å². The summed E-state index contributed by atoms with van der Waals surface area (Å²) in [4.78, 5) is 3.90. The van der Waals surface area contributed by atoms with Crippen molar-refractivity contribution in [2.75, 3.05) is 26.3 Å². The molecular formula is C18H25FN2O4S. The van der Waals surface area contributed by atoms with E-state index in [0.29, 0.717) is 32.2 Å². The van der Waals surface area contributed by atoms with Gasteiger partial charge in [-0.1, -0.05) is 0 Å². The van der Waals surface area contributed by atoms with Crippen LogP contribution in [0, 0.1) is 11.7 Å². The Labute approximate surface area is 153 Å². The minimum Gasteiger partial charge on any atom is -0.476 e. The smallest absolute Gasteiger partial charge is 0.250 e. The molecule has 1 unspecified atom stereocenters. The van der Waals surface area contributed by atoms with Gasteiger partial charge < -0.3 is 9.47 Å². The monoisotopic (exact) mass is 384 g/mol. The van der Waals surface area contributed by atoms with E-state index in [1.54, 1.807) is 4.31 Å². The van der Waals surface area contributed by atoms with Crippen LogP contribution < -0.4 is 4.74 Å². The number of halogens is 1. The SMILES string of the molecule is O=S(=O)(C1CC1)N1CCC2(CC1)OCCC2CCOc1ncccc1F. The van der Waals surface area contributed by atoms with Crippen LogP contribution in [0.1, 0.15) is 38.5 Å². The van der Waals surface area contributed by atoms with E-state index in [1.807, 2.05) is 0 Å². The summed E-state index contributed by atoms with van der Waals surface area (Å²) >= 11 is 0. The van der Waals surface area contributed by atoms with E-state index in [1.165, 1.54) is 18.3 Å². The Hall–Kier alpha value is -1.25. The third-order valence-electron chi connectivity index (χ3n) is 5.90. The molecule has 8 heteroatoms. The van der Waals surface area contributed by atoms with Crippen LogP contribution in [-0.4, -0.2) is 54.9 Å². The molecule has 2 saturated heterocycles. The van der Waals surface area contributed by atoms with Crippen molar-refractivity contribution in [1.29, 1.82) is 0 Å². The Morgan fingerprint density at radius 2 is 2.08 bits per heavy atom. The molecule has 0 amide bonds. The van der Waals surface area contributed by atoms with Gasteiger partial charge in [0.15, 0.2) is 5.82 Å². The maximum atomic E-state index is 13.6. The molecule has 0 N–H and O–H groups in total. The number of nitrogens with zero attached hydrogens (tertiary/aromatic N) is 2. The molecule has 3 aliphatic rings. The highest BCUT2D eigenvalue weighted by atomic mass is 32.2. The summed E-state index contributed by atoms with van der Waals surface area (Å²) < 4.78 is 51.7. The zero-order valence-electron chi connectivity index (χ0n) is 14.8. The molecule has 1 aromatic heterocycles. The van der Waals surface area contributed by atoms with Crippen molar-refractivity contribution in [2.24, 2.45) is 5.92 Å². The number of hydrogen-bond donors (Lipinski definition) is 0. The van der Waals surface area contributed by atoms with Crippen molar-refractivity contribution in [3.05, 3.63) is 24.1 Å². The van der Waals surface area contributed by atoms with Gasteiger partial charge in [-0.05, 0) is 56.6 Å². The lowest BCUT2D eigenvalue weighted by atomic mass is 9.78.